The lowest BCUT2D eigenvalue weighted by atomic mass is 10.2. The molecule has 1 aromatic carbocycles. The number of benzene rings is 1. The van der Waals surface area contributed by atoms with Crippen molar-refractivity contribution in [3.63, 3.8) is 0 Å². The molecule has 19 heavy (non-hydrogen) atoms. The van der Waals surface area contributed by atoms with Gasteiger partial charge in [0.25, 0.3) is 0 Å². The Kier molecular flexibility index (Phi) is 5.36. The first kappa shape index (κ1) is 15.0. The summed E-state index contributed by atoms with van der Waals surface area (Å²) in [5.41, 5.74) is 1.81. The molecule has 0 heterocycles. The fraction of sp³-hybridized carbons (Fsp3) is 0.429. The van der Waals surface area contributed by atoms with E-state index in [-0.39, 0.29) is 6.03 Å². The van der Waals surface area contributed by atoms with Crippen molar-refractivity contribution >= 4 is 17.7 Å². The lowest BCUT2D eigenvalue weighted by Gasteiger charge is -2.24. The van der Waals surface area contributed by atoms with Crippen LogP contribution in [-0.2, 0) is 4.79 Å². The van der Waals surface area contributed by atoms with Crippen molar-refractivity contribution in [2.24, 2.45) is 0 Å². The summed E-state index contributed by atoms with van der Waals surface area (Å²) in [7, 11) is 0. The minimum Gasteiger partial charge on any atom is -0.480 e. The maximum Gasteiger partial charge on any atom is 0.326 e. The van der Waals surface area contributed by atoms with Gasteiger partial charge in [-0.25, -0.2) is 9.59 Å². The van der Waals surface area contributed by atoms with Crippen LogP contribution >= 0.6 is 0 Å². The number of hydrogen-bond acceptors (Lipinski definition) is 2. The van der Waals surface area contributed by atoms with Crippen molar-refractivity contribution in [2.75, 3.05) is 11.4 Å². The Morgan fingerprint density at radius 1 is 1.37 bits per heavy atom. The Morgan fingerprint density at radius 3 is 2.53 bits per heavy atom. The lowest BCUT2D eigenvalue weighted by molar-refractivity contribution is -0.139. The monoisotopic (exact) mass is 264 g/mol. The SMILES string of the molecule is CCC(NC(=O)N(CC)c1cccc(C)c1)C(=O)O. The number of urea groups is 1. The number of nitrogens with zero attached hydrogens (tertiary/aromatic N) is 1. The molecule has 0 saturated heterocycles. The average molecular weight is 264 g/mol. The van der Waals surface area contributed by atoms with Gasteiger partial charge in [-0.05, 0) is 38.0 Å². The second kappa shape index (κ2) is 6.78. The summed E-state index contributed by atoms with van der Waals surface area (Å²) in [4.78, 5) is 24.6. The molecule has 1 atom stereocenters. The first-order valence-corrected chi connectivity index (χ1v) is 6.37. The number of aryl methyl sites for hydroxylation is 1. The third-order valence-electron chi connectivity index (χ3n) is 2.88. The summed E-state index contributed by atoms with van der Waals surface area (Å²) in [5, 5.41) is 11.5. The Morgan fingerprint density at radius 2 is 2.05 bits per heavy atom. The van der Waals surface area contributed by atoms with Crippen molar-refractivity contribution < 1.29 is 14.7 Å². The van der Waals surface area contributed by atoms with E-state index in [4.69, 9.17) is 5.11 Å². The van der Waals surface area contributed by atoms with Gasteiger partial charge in [-0.2, -0.15) is 0 Å². The van der Waals surface area contributed by atoms with E-state index in [2.05, 4.69) is 5.32 Å². The van der Waals surface area contributed by atoms with Crippen LogP contribution in [0.5, 0.6) is 0 Å². The first-order valence-electron chi connectivity index (χ1n) is 6.37. The van der Waals surface area contributed by atoms with E-state index in [9.17, 15) is 9.59 Å². The van der Waals surface area contributed by atoms with E-state index in [1.54, 1.807) is 6.92 Å². The second-order valence-electron chi connectivity index (χ2n) is 4.33. The van der Waals surface area contributed by atoms with Crippen LogP contribution in [0.1, 0.15) is 25.8 Å². The highest BCUT2D eigenvalue weighted by molar-refractivity contribution is 5.94. The van der Waals surface area contributed by atoms with E-state index < -0.39 is 12.0 Å². The smallest absolute Gasteiger partial charge is 0.326 e. The molecular formula is C14H20N2O3. The van der Waals surface area contributed by atoms with E-state index in [0.717, 1.165) is 11.3 Å². The summed E-state index contributed by atoms with van der Waals surface area (Å²) in [6, 6.07) is 6.30. The van der Waals surface area contributed by atoms with Gasteiger partial charge in [-0.1, -0.05) is 19.1 Å². The number of carbonyl (C=O) groups is 2. The van der Waals surface area contributed by atoms with Crippen molar-refractivity contribution in [1.82, 2.24) is 5.32 Å². The molecule has 0 aliphatic heterocycles. The van der Waals surface area contributed by atoms with Gasteiger partial charge in [0, 0.05) is 12.2 Å². The van der Waals surface area contributed by atoms with E-state index >= 15 is 0 Å². The molecule has 0 aromatic heterocycles. The Balaban J connectivity index is 2.85. The van der Waals surface area contributed by atoms with Crippen LogP contribution in [-0.4, -0.2) is 29.7 Å². The van der Waals surface area contributed by atoms with Gasteiger partial charge >= 0.3 is 12.0 Å². The highest BCUT2D eigenvalue weighted by Gasteiger charge is 2.21. The molecular weight excluding hydrogens is 244 g/mol. The molecule has 0 aliphatic rings. The fourth-order valence-corrected chi connectivity index (χ4v) is 1.80. The van der Waals surface area contributed by atoms with Crippen molar-refractivity contribution in [3.8, 4) is 0 Å². The molecule has 0 bridgehead atoms. The number of amides is 2. The molecule has 5 nitrogen and oxygen atoms in total. The number of nitrogens with one attached hydrogen (secondary N) is 1. The standard InChI is InChI=1S/C14H20N2O3/c1-4-12(13(17)18)15-14(19)16(5-2)11-8-6-7-10(3)9-11/h6-9,12H,4-5H2,1-3H3,(H,15,19)(H,17,18). The molecule has 0 spiro atoms. The molecule has 0 aliphatic carbocycles. The summed E-state index contributed by atoms with van der Waals surface area (Å²) >= 11 is 0. The molecule has 1 aromatic rings. The quantitative estimate of drug-likeness (QED) is 0.858. The largest absolute Gasteiger partial charge is 0.480 e. The van der Waals surface area contributed by atoms with Crippen LogP contribution in [0.2, 0.25) is 0 Å². The molecule has 2 N–H and O–H groups in total. The molecule has 1 rings (SSSR count). The predicted molar refractivity (Wildman–Crippen MR) is 74.4 cm³/mol. The van der Waals surface area contributed by atoms with Crippen molar-refractivity contribution in [1.29, 1.82) is 0 Å². The molecule has 5 heteroatoms. The number of hydrogen-bond donors (Lipinski definition) is 2. The zero-order valence-electron chi connectivity index (χ0n) is 11.5. The van der Waals surface area contributed by atoms with Gasteiger partial charge in [0.15, 0.2) is 0 Å². The third-order valence-corrected chi connectivity index (χ3v) is 2.88. The van der Waals surface area contributed by atoms with Crippen LogP contribution < -0.4 is 10.2 Å². The third kappa shape index (κ3) is 3.98. The zero-order valence-corrected chi connectivity index (χ0v) is 11.5. The highest BCUT2D eigenvalue weighted by atomic mass is 16.4. The van der Waals surface area contributed by atoms with Gasteiger partial charge < -0.3 is 10.4 Å². The van der Waals surface area contributed by atoms with E-state index in [0.29, 0.717) is 13.0 Å². The molecule has 0 saturated carbocycles. The van der Waals surface area contributed by atoms with Crippen LogP contribution in [0.4, 0.5) is 10.5 Å². The van der Waals surface area contributed by atoms with Crippen LogP contribution in [0.15, 0.2) is 24.3 Å². The number of aliphatic carboxylic acids is 1. The minimum absolute atomic E-state index is 0.354. The number of carbonyl (C=O) groups excluding carboxylic acids is 1. The highest BCUT2D eigenvalue weighted by Crippen LogP contribution is 2.16. The normalized spacial score (nSPS) is 11.7. The summed E-state index contributed by atoms with van der Waals surface area (Å²) in [6.07, 6.45) is 0.354. The Bertz CT molecular complexity index is 460. The van der Waals surface area contributed by atoms with Crippen LogP contribution in [0.25, 0.3) is 0 Å². The predicted octanol–water partition coefficient (Wildman–Crippen LogP) is 2.39. The second-order valence-corrected chi connectivity index (χ2v) is 4.33. The number of carboxylic acid groups (broad SMARTS) is 1. The van der Waals surface area contributed by atoms with E-state index in [1.165, 1.54) is 4.90 Å². The van der Waals surface area contributed by atoms with Gasteiger partial charge in [0.05, 0.1) is 0 Å². The van der Waals surface area contributed by atoms with E-state index in [1.807, 2.05) is 38.1 Å². The van der Waals surface area contributed by atoms with Crippen molar-refractivity contribution in [2.45, 2.75) is 33.2 Å². The van der Waals surface area contributed by atoms with Crippen LogP contribution in [0.3, 0.4) is 0 Å². The Hall–Kier alpha value is -2.04. The molecule has 0 fully saturated rings. The van der Waals surface area contributed by atoms with Gasteiger partial charge in [-0.3, -0.25) is 4.90 Å². The van der Waals surface area contributed by atoms with Crippen LogP contribution in [0, 0.1) is 6.92 Å². The maximum atomic E-state index is 12.1. The van der Waals surface area contributed by atoms with Gasteiger partial charge in [0.1, 0.15) is 6.04 Å². The topological polar surface area (TPSA) is 69.6 Å². The summed E-state index contributed by atoms with van der Waals surface area (Å²) in [6.45, 7) is 6.00. The summed E-state index contributed by atoms with van der Waals surface area (Å²) in [5.74, 6) is -1.02. The van der Waals surface area contributed by atoms with Gasteiger partial charge in [-0.15, -0.1) is 0 Å². The molecule has 104 valence electrons. The lowest BCUT2D eigenvalue weighted by Crippen LogP contribution is -2.47. The first-order chi connectivity index (χ1) is 8.99. The average Bonchev–Trinajstić information content (AvgIpc) is 2.36. The number of carboxylic acids is 1. The molecule has 2 amide bonds. The number of rotatable bonds is 5. The maximum absolute atomic E-state index is 12.1. The minimum atomic E-state index is -1.02. The zero-order chi connectivity index (χ0) is 14.4. The summed E-state index contributed by atoms with van der Waals surface area (Å²) < 4.78 is 0. The Labute approximate surface area is 113 Å². The molecule has 0 radical (unpaired) electrons. The van der Waals surface area contributed by atoms with Crippen molar-refractivity contribution in [3.05, 3.63) is 29.8 Å². The molecule has 1 unspecified atom stereocenters. The fourth-order valence-electron chi connectivity index (χ4n) is 1.80. The van der Waals surface area contributed by atoms with Gasteiger partial charge in [0.2, 0.25) is 0 Å². The number of anilines is 1.